The van der Waals surface area contributed by atoms with Gasteiger partial charge in [0.15, 0.2) is 17.2 Å². The Morgan fingerprint density at radius 1 is 0.973 bits per heavy atom. The summed E-state index contributed by atoms with van der Waals surface area (Å²) < 4.78 is 12.3. The average Bonchev–Trinajstić information content (AvgIpc) is 2.84. The van der Waals surface area contributed by atoms with Crippen molar-refractivity contribution in [2.75, 3.05) is 17.3 Å². The first kappa shape index (κ1) is 26.7. The van der Waals surface area contributed by atoms with Gasteiger partial charge in [0, 0.05) is 33.5 Å². The Bertz CT molecular complexity index is 1460. The van der Waals surface area contributed by atoms with Crippen LogP contribution in [0.2, 0.25) is 0 Å². The Hall–Kier alpha value is -4.87. The number of nitrogens with zero attached hydrogens (tertiary/aromatic N) is 3. The van der Waals surface area contributed by atoms with E-state index in [0.717, 1.165) is 24.5 Å². The topological polar surface area (TPSA) is 149 Å². The summed E-state index contributed by atoms with van der Waals surface area (Å²) in [5.41, 5.74) is -1.55. The molecule has 3 rings (SSSR count). The predicted molar refractivity (Wildman–Crippen MR) is 135 cm³/mol. The maximum absolute atomic E-state index is 13.6. The number of carboxylic acid groups (broad SMARTS) is 1. The Balaban J connectivity index is 2.40. The molecule has 0 spiro atoms. The van der Waals surface area contributed by atoms with Crippen molar-refractivity contribution in [1.29, 1.82) is 0 Å². The number of hydrogen-bond donors (Lipinski definition) is 2. The Morgan fingerprint density at radius 3 is 2.14 bits per heavy atom. The summed E-state index contributed by atoms with van der Waals surface area (Å²) >= 11 is 0. The number of anilines is 3. The fourth-order valence-corrected chi connectivity index (χ4v) is 3.75. The lowest BCUT2D eigenvalue weighted by Gasteiger charge is -2.25. The van der Waals surface area contributed by atoms with Gasteiger partial charge >= 0.3 is 23.7 Å². The number of rotatable bonds is 8. The number of amides is 1. The van der Waals surface area contributed by atoms with Crippen LogP contribution in [0, 0.1) is 0 Å². The first-order valence-corrected chi connectivity index (χ1v) is 11.3. The smallest absolute Gasteiger partial charge is 0.416 e. The molecule has 37 heavy (non-hydrogen) atoms. The summed E-state index contributed by atoms with van der Waals surface area (Å²) in [6.45, 7) is 4.09. The van der Waals surface area contributed by atoms with Crippen LogP contribution < -0.4 is 30.9 Å². The summed E-state index contributed by atoms with van der Waals surface area (Å²) in [5.74, 6) is -1.86. The van der Waals surface area contributed by atoms with Crippen molar-refractivity contribution in [3.05, 3.63) is 69.4 Å². The van der Waals surface area contributed by atoms with Crippen molar-refractivity contribution in [2.24, 2.45) is 0 Å². The van der Waals surface area contributed by atoms with Crippen LogP contribution in [0.5, 0.6) is 11.5 Å². The highest BCUT2D eigenvalue weighted by Gasteiger charge is 2.30. The molecule has 0 bridgehead atoms. The fourth-order valence-electron chi connectivity index (χ4n) is 3.75. The molecule has 0 aliphatic heterocycles. The van der Waals surface area contributed by atoms with Crippen LogP contribution in [-0.4, -0.2) is 39.3 Å². The van der Waals surface area contributed by atoms with E-state index in [2.05, 4.69) is 5.32 Å². The number of nitrogens with one attached hydrogen (secondary N) is 1. The summed E-state index contributed by atoms with van der Waals surface area (Å²) in [6, 6.07) is 12.1. The van der Waals surface area contributed by atoms with E-state index in [4.69, 9.17) is 9.47 Å². The molecule has 3 aromatic rings. The van der Waals surface area contributed by atoms with Crippen molar-refractivity contribution >= 4 is 35.2 Å². The van der Waals surface area contributed by atoms with Gasteiger partial charge in [0.25, 0.3) is 5.56 Å². The number of benzene rings is 2. The van der Waals surface area contributed by atoms with E-state index in [1.54, 1.807) is 37.3 Å². The van der Waals surface area contributed by atoms with E-state index >= 15 is 0 Å². The van der Waals surface area contributed by atoms with Crippen LogP contribution in [0.1, 0.15) is 27.2 Å². The lowest BCUT2D eigenvalue weighted by atomic mass is 10.2. The Morgan fingerprint density at radius 2 is 1.59 bits per heavy atom. The minimum absolute atomic E-state index is 0.0407. The van der Waals surface area contributed by atoms with Crippen LogP contribution in [0.15, 0.2) is 58.1 Å². The van der Waals surface area contributed by atoms with Gasteiger partial charge in [-0.1, -0.05) is 25.1 Å². The van der Waals surface area contributed by atoms with Crippen molar-refractivity contribution in [1.82, 2.24) is 9.13 Å². The molecule has 0 aliphatic rings. The van der Waals surface area contributed by atoms with Gasteiger partial charge in [-0.3, -0.25) is 19.0 Å². The third-order valence-corrected chi connectivity index (χ3v) is 5.12. The predicted octanol–water partition coefficient (Wildman–Crippen LogP) is 3.12. The first-order chi connectivity index (χ1) is 17.6. The minimum atomic E-state index is -1.55. The quantitative estimate of drug-likeness (QED) is 0.344. The first-order valence-electron chi connectivity index (χ1n) is 11.3. The molecule has 1 amide bonds. The molecule has 0 radical (unpaired) electrons. The normalized spacial score (nSPS) is 10.5. The summed E-state index contributed by atoms with van der Waals surface area (Å²) in [4.78, 5) is 63.4. The third kappa shape index (κ3) is 5.53. The summed E-state index contributed by atoms with van der Waals surface area (Å²) in [6.07, 6.45) is -1.12. The maximum Gasteiger partial charge on any atom is 0.416 e. The summed E-state index contributed by atoms with van der Waals surface area (Å²) in [5, 5.41) is 13.0. The van der Waals surface area contributed by atoms with E-state index < -0.39 is 29.3 Å². The molecule has 12 heteroatoms. The molecular formula is C25H26N4O8. The Kier molecular flexibility index (Phi) is 8.12. The van der Waals surface area contributed by atoms with Gasteiger partial charge in [0.05, 0.1) is 11.4 Å². The molecule has 1 aromatic heterocycles. The molecule has 0 saturated heterocycles. The lowest BCUT2D eigenvalue weighted by Crippen LogP contribution is -2.44. The van der Waals surface area contributed by atoms with Crippen LogP contribution in [0.4, 0.5) is 22.0 Å². The average molecular weight is 511 g/mol. The highest BCUT2D eigenvalue weighted by Crippen LogP contribution is 2.36. The van der Waals surface area contributed by atoms with Crippen LogP contribution in [0.25, 0.3) is 5.69 Å². The number of para-hydroxylation sites is 1. The second-order valence-corrected chi connectivity index (χ2v) is 7.79. The largest absolute Gasteiger partial charge is 0.464 e. The standard InChI is InChI=1S/C25H26N4O8/c1-5-13-27-23(32)21(22(26-4)29(24(27)33)17-9-7-6-8-10-17)28(25(34)35)18-11-12-19(36-15(2)30)20(14-18)37-16(3)31/h6-12,14,26H,5,13H2,1-4H3,(H,34,35). The number of hydrogen-bond acceptors (Lipinski definition) is 8. The number of ether oxygens (including phenoxy) is 2. The molecule has 0 aliphatic carbocycles. The van der Waals surface area contributed by atoms with Gasteiger partial charge in [-0.2, -0.15) is 0 Å². The van der Waals surface area contributed by atoms with Crippen LogP contribution >= 0.6 is 0 Å². The molecule has 0 fully saturated rings. The number of carbonyl (C=O) groups excluding carboxylic acids is 2. The van der Waals surface area contributed by atoms with Gasteiger partial charge in [0.2, 0.25) is 0 Å². The zero-order valence-corrected chi connectivity index (χ0v) is 20.7. The minimum Gasteiger partial charge on any atom is -0.464 e. The molecule has 2 N–H and O–H groups in total. The highest BCUT2D eigenvalue weighted by atomic mass is 16.6. The summed E-state index contributed by atoms with van der Waals surface area (Å²) in [7, 11) is 1.45. The molecule has 194 valence electrons. The highest BCUT2D eigenvalue weighted by molar-refractivity contribution is 5.98. The molecular weight excluding hydrogens is 484 g/mol. The molecule has 0 saturated carbocycles. The molecule has 0 unspecified atom stereocenters. The fraction of sp³-hybridized carbons (Fsp3) is 0.240. The van der Waals surface area contributed by atoms with Crippen molar-refractivity contribution in [2.45, 2.75) is 33.7 Å². The Labute approximate surface area is 211 Å². The van der Waals surface area contributed by atoms with Crippen molar-refractivity contribution < 1.29 is 29.0 Å². The van der Waals surface area contributed by atoms with Crippen LogP contribution in [0.3, 0.4) is 0 Å². The monoisotopic (exact) mass is 510 g/mol. The second kappa shape index (κ2) is 11.2. The second-order valence-electron chi connectivity index (χ2n) is 7.79. The zero-order valence-electron chi connectivity index (χ0n) is 20.7. The third-order valence-electron chi connectivity index (χ3n) is 5.12. The number of aromatic nitrogens is 2. The zero-order chi connectivity index (χ0) is 27.3. The molecule has 12 nitrogen and oxygen atoms in total. The number of esters is 2. The van der Waals surface area contributed by atoms with Gasteiger partial charge in [-0.05, 0) is 30.7 Å². The van der Waals surface area contributed by atoms with E-state index in [9.17, 15) is 29.1 Å². The van der Waals surface area contributed by atoms with Crippen molar-refractivity contribution in [3.63, 3.8) is 0 Å². The molecule has 2 aromatic carbocycles. The van der Waals surface area contributed by atoms with E-state index in [0.29, 0.717) is 17.0 Å². The molecule has 1 heterocycles. The van der Waals surface area contributed by atoms with E-state index in [1.807, 2.05) is 0 Å². The lowest BCUT2D eigenvalue weighted by molar-refractivity contribution is -0.134. The maximum atomic E-state index is 13.6. The van der Waals surface area contributed by atoms with E-state index in [-0.39, 0.29) is 35.2 Å². The molecule has 0 atom stereocenters. The van der Waals surface area contributed by atoms with Crippen molar-refractivity contribution in [3.8, 4) is 17.2 Å². The van der Waals surface area contributed by atoms with Gasteiger partial charge in [-0.15, -0.1) is 0 Å². The SMILES string of the molecule is CCCn1c(=O)c(N(C(=O)O)c2ccc(OC(C)=O)c(OC(C)=O)c2)c(NC)n(-c2ccccc2)c1=O. The van der Waals surface area contributed by atoms with Crippen LogP contribution in [-0.2, 0) is 16.1 Å². The van der Waals surface area contributed by atoms with Gasteiger partial charge < -0.3 is 19.9 Å². The van der Waals surface area contributed by atoms with E-state index in [1.165, 1.54) is 23.7 Å². The van der Waals surface area contributed by atoms with Gasteiger partial charge in [-0.25, -0.2) is 19.1 Å². The number of carbonyl (C=O) groups is 3. The van der Waals surface area contributed by atoms with Gasteiger partial charge in [0.1, 0.15) is 5.82 Å².